The highest BCUT2D eigenvalue weighted by molar-refractivity contribution is 5.94. The van der Waals surface area contributed by atoms with Gasteiger partial charge in [0, 0.05) is 19.4 Å². The largest absolute Gasteiger partial charge is 0.343 e. The SMILES string of the molecule is CC[C@H](C)[C@@H](N)C(=O)N[C@@H](Cc1ccccc1)C(=O)N(CCCCCCN)C1CCCCC1=O. The van der Waals surface area contributed by atoms with E-state index in [0.717, 1.165) is 50.5 Å². The van der Waals surface area contributed by atoms with Crippen LogP contribution >= 0.6 is 0 Å². The summed E-state index contributed by atoms with van der Waals surface area (Å²) in [7, 11) is 0. The zero-order chi connectivity index (χ0) is 24.9. The van der Waals surface area contributed by atoms with Gasteiger partial charge in [-0.05, 0) is 43.7 Å². The molecule has 1 aliphatic carbocycles. The van der Waals surface area contributed by atoms with Crippen LogP contribution in [0.4, 0.5) is 0 Å². The minimum Gasteiger partial charge on any atom is -0.343 e. The molecule has 190 valence electrons. The lowest BCUT2D eigenvalue weighted by Gasteiger charge is -2.36. The molecule has 0 bridgehead atoms. The second kappa shape index (κ2) is 14.9. The van der Waals surface area contributed by atoms with Crippen molar-refractivity contribution in [3.63, 3.8) is 0 Å². The Kier molecular flexibility index (Phi) is 12.3. The van der Waals surface area contributed by atoms with E-state index in [1.54, 1.807) is 4.90 Å². The van der Waals surface area contributed by atoms with Crippen molar-refractivity contribution in [3.05, 3.63) is 35.9 Å². The predicted octanol–water partition coefficient (Wildman–Crippen LogP) is 2.95. The molecule has 0 saturated heterocycles. The van der Waals surface area contributed by atoms with Crippen LogP contribution in [0.15, 0.2) is 30.3 Å². The molecular weight excluding hydrogens is 428 g/mol. The normalized spacial score (nSPS) is 18.7. The Hall–Kier alpha value is -2.25. The number of hydrogen-bond donors (Lipinski definition) is 3. The Labute approximate surface area is 205 Å². The minimum atomic E-state index is -0.760. The van der Waals surface area contributed by atoms with E-state index in [4.69, 9.17) is 11.5 Å². The number of ketones is 1. The van der Waals surface area contributed by atoms with Gasteiger partial charge in [-0.3, -0.25) is 14.4 Å². The molecule has 0 radical (unpaired) electrons. The Morgan fingerprint density at radius 1 is 1.12 bits per heavy atom. The molecule has 34 heavy (non-hydrogen) atoms. The van der Waals surface area contributed by atoms with Gasteiger partial charge < -0.3 is 21.7 Å². The molecule has 0 aromatic heterocycles. The summed E-state index contributed by atoms with van der Waals surface area (Å²) < 4.78 is 0. The number of nitrogens with zero attached hydrogens (tertiary/aromatic N) is 1. The summed E-state index contributed by atoms with van der Waals surface area (Å²) in [5.41, 5.74) is 12.7. The highest BCUT2D eigenvalue weighted by Crippen LogP contribution is 2.22. The topological polar surface area (TPSA) is 119 Å². The third-order valence-corrected chi connectivity index (χ3v) is 6.99. The molecule has 0 aliphatic heterocycles. The molecule has 2 amide bonds. The van der Waals surface area contributed by atoms with Crippen LogP contribution in [0.1, 0.15) is 77.2 Å². The fraction of sp³-hybridized carbons (Fsp3) is 0.667. The van der Waals surface area contributed by atoms with Crippen LogP contribution in [0.3, 0.4) is 0 Å². The molecule has 1 saturated carbocycles. The summed E-state index contributed by atoms with van der Waals surface area (Å²) in [6, 6.07) is 7.81. The molecule has 1 fully saturated rings. The highest BCUT2D eigenvalue weighted by atomic mass is 16.2. The van der Waals surface area contributed by atoms with E-state index in [2.05, 4.69) is 5.32 Å². The Bertz CT molecular complexity index is 770. The molecule has 1 aliphatic rings. The molecule has 0 spiro atoms. The maximum atomic E-state index is 13.9. The summed E-state index contributed by atoms with van der Waals surface area (Å²) in [4.78, 5) is 41.4. The molecule has 1 aromatic rings. The van der Waals surface area contributed by atoms with Crippen molar-refractivity contribution in [2.24, 2.45) is 17.4 Å². The zero-order valence-corrected chi connectivity index (χ0v) is 21.0. The fourth-order valence-electron chi connectivity index (χ4n) is 4.52. The Morgan fingerprint density at radius 3 is 2.47 bits per heavy atom. The Balaban J connectivity index is 2.25. The van der Waals surface area contributed by atoms with Gasteiger partial charge in [-0.15, -0.1) is 0 Å². The lowest BCUT2D eigenvalue weighted by Crippen LogP contribution is -2.58. The van der Waals surface area contributed by atoms with Gasteiger partial charge in [0.25, 0.3) is 0 Å². The predicted molar refractivity (Wildman–Crippen MR) is 136 cm³/mol. The van der Waals surface area contributed by atoms with E-state index in [1.807, 2.05) is 44.2 Å². The quantitative estimate of drug-likeness (QED) is 0.360. The molecule has 7 heteroatoms. The second-order valence-electron chi connectivity index (χ2n) is 9.62. The van der Waals surface area contributed by atoms with Crippen molar-refractivity contribution in [1.82, 2.24) is 10.2 Å². The average molecular weight is 473 g/mol. The molecule has 2 rings (SSSR count). The summed E-state index contributed by atoms with van der Waals surface area (Å²) >= 11 is 0. The van der Waals surface area contributed by atoms with E-state index in [1.165, 1.54) is 0 Å². The molecule has 5 N–H and O–H groups in total. The van der Waals surface area contributed by atoms with Gasteiger partial charge in [0.1, 0.15) is 6.04 Å². The number of hydrogen-bond acceptors (Lipinski definition) is 5. The van der Waals surface area contributed by atoms with Crippen molar-refractivity contribution < 1.29 is 14.4 Å². The van der Waals surface area contributed by atoms with Crippen molar-refractivity contribution in [3.8, 4) is 0 Å². The number of Topliss-reactive ketones (excluding diaryl/α,β-unsaturated/α-hetero) is 1. The van der Waals surface area contributed by atoms with Crippen LogP contribution in [0.25, 0.3) is 0 Å². The maximum Gasteiger partial charge on any atom is 0.246 e. The second-order valence-corrected chi connectivity index (χ2v) is 9.62. The molecule has 1 unspecified atom stereocenters. The number of carbonyl (C=O) groups excluding carboxylic acids is 3. The lowest BCUT2D eigenvalue weighted by molar-refractivity contribution is -0.144. The molecule has 4 atom stereocenters. The van der Waals surface area contributed by atoms with Crippen molar-refractivity contribution >= 4 is 17.6 Å². The van der Waals surface area contributed by atoms with E-state index >= 15 is 0 Å². The molecular formula is C27H44N4O3. The van der Waals surface area contributed by atoms with Gasteiger partial charge in [0.15, 0.2) is 5.78 Å². The van der Waals surface area contributed by atoms with Crippen molar-refractivity contribution in [2.45, 2.75) is 96.2 Å². The number of amides is 2. The van der Waals surface area contributed by atoms with Gasteiger partial charge >= 0.3 is 0 Å². The Morgan fingerprint density at radius 2 is 1.82 bits per heavy atom. The van der Waals surface area contributed by atoms with Crippen LogP contribution in [0.5, 0.6) is 0 Å². The van der Waals surface area contributed by atoms with E-state index in [9.17, 15) is 14.4 Å². The van der Waals surface area contributed by atoms with Gasteiger partial charge in [0.2, 0.25) is 11.8 Å². The van der Waals surface area contributed by atoms with Gasteiger partial charge in [0.05, 0.1) is 12.1 Å². The molecule has 0 heterocycles. The van der Waals surface area contributed by atoms with Gasteiger partial charge in [-0.25, -0.2) is 0 Å². The highest BCUT2D eigenvalue weighted by Gasteiger charge is 2.36. The van der Waals surface area contributed by atoms with E-state index in [-0.39, 0.29) is 23.5 Å². The van der Waals surface area contributed by atoms with Crippen molar-refractivity contribution in [1.29, 1.82) is 0 Å². The van der Waals surface area contributed by atoms with Crippen LogP contribution in [-0.4, -0.2) is 53.7 Å². The third kappa shape index (κ3) is 8.51. The monoisotopic (exact) mass is 472 g/mol. The van der Waals surface area contributed by atoms with Crippen LogP contribution in [0, 0.1) is 5.92 Å². The number of carbonyl (C=O) groups is 3. The van der Waals surface area contributed by atoms with Crippen LogP contribution in [0.2, 0.25) is 0 Å². The molecule has 1 aromatic carbocycles. The standard InChI is InChI=1S/C27H44N4O3/c1-3-20(2)25(29)26(33)30-22(19-21-13-7-6-8-14-21)27(34)31(18-12-5-4-11-17-28)23-15-9-10-16-24(23)32/h6-8,13-14,20,22-23,25H,3-5,9-12,15-19,28-29H2,1-2H3,(H,30,33)/t20-,22-,23?,25+/m0/s1. The first-order valence-electron chi connectivity index (χ1n) is 13.0. The first-order valence-corrected chi connectivity index (χ1v) is 13.0. The van der Waals surface area contributed by atoms with Crippen molar-refractivity contribution in [2.75, 3.05) is 13.1 Å². The summed E-state index contributed by atoms with van der Waals surface area (Å²) in [6.07, 6.45) is 7.87. The van der Waals surface area contributed by atoms with E-state index in [0.29, 0.717) is 32.4 Å². The lowest BCUT2D eigenvalue weighted by atomic mass is 9.91. The number of nitrogens with one attached hydrogen (secondary N) is 1. The smallest absolute Gasteiger partial charge is 0.246 e. The van der Waals surface area contributed by atoms with E-state index < -0.39 is 18.1 Å². The first kappa shape index (κ1) is 28.0. The maximum absolute atomic E-state index is 13.9. The average Bonchev–Trinajstić information content (AvgIpc) is 2.85. The van der Waals surface area contributed by atoms with Gasteiger partial charge in [-0.2, -0.15) is 0 Å². The van der Waals surface area contributed by atoms with Gasteiger partial charge in [-0.1, -0.05) is 69.9 Å². The van der Waals surface area contributed by atoms with Crippen LogP contribution < -0.4 is 16.8 Å². The number of unbranched alkanes of at least 4 members (excludes halogenated alkanes) is 3. The first-order chi connectivity index (χ1) is 16.4. The summed E-state index contributed by atoms with van der Waals surface area (Å²) in [5.74, 6) is -0.372. The number of benzene rings is 1. The minimum absolute atomic E-state index is 0.00560. The fourth-order valence-corrected chi connectivity index (χ4v) is 4.52. The summed E-state index contributed by atoms with van der Waals surface area (Å²) in [6.45, 7) is 5.10. The van der Waals surface area contributed by atoms with Crippen LogP contribution in [-0.2, 0) is 20.8 Å². The molecule has 7 nitrogen and oxygen atoms in total. The third-order valence-electron chi connectivity index (χ3n) is 6.99. The number of nitrogens with two attached hydrogens (primary N) is 2. The summed E-state index contributed by atoms with van der Waals surface area (Å²) in [5, 5.41) is 2.94. The number of rotatable bonds is 14. The zero-order valence-electron chi connectivity index (χ0n) is 21.0.